The van der Waals surface area contributed by atoms with Gasteiger partial charge >= 0.3 is 6.03 Å². The van der Waals surface area contributed by atoms with E-state index < -0.39 is 18.5 Å². The van der Waals surface area contributed by atoms with E-state index >= 15 is 0 Å². The van der Waals surface area contributed by atoms with Gasteiger partial charge < -0.3 is 10.4 Å². The molecule has 2 N–H and O–H groups in total. The zero-order valence-electron chi connectivity index (χ0n) is 10.6. The lowest BCUT2D eigenvalue weighted by Crippen LogP contribution is -2.38. The van der Waals surface area contributed by atoms with Crippen molar-refractivity contribution >= 4 is 28.4 Å². The van der Waals surface area contributed by atoms with Crippen LogP contribution in [0.2, 0.25) is 0 Å². The van der Waals surface area contributed by atoms with Crippen molar-refractivity contribution in [1.29, 1.82) is 0 Å². The van der Waals surface area contributed by atoms with Crippen molar-refractivity contribution in [3.05, 3.63) is 17.4 Å². The summed E-state index contributed by atoms with van der Waals surface area (Å²) in [5, 5.41) is 16.6. The van der Waals surface area contributed by atoms with E-state index in [1.807, 2.05) is 6.92 Å². The molecule has 1 aliphatic heterocycles. The number of rotatable bonds is 2. The zero-order valence-corrected chi connectivity index (χ0v) is 10.6. The average Bonchev–Trinajstić information content (AvgIpc) is 2.71. The number of aryl methyl sites for hydroxylation is 1. The molecule has 3 rings (SSSR count). The number of aromatic nitrogens is 2. The quantitative estimate of drug-likeness (QED) is 0.865. The third-order valence-electron chi connectivity index (χ3n) is 3.35. The molecule has 0 radical (unpaired) electrons. The van der Waals surface area contributed by atoms with Crippen LogP contribution in [0.15, 0.2) is 6.07 Å². The van der Waals surface area contributed by atoms with E-state index in [2.05, 4.69) is 10.4 Å². The molecule has 0 bridgehead atoms. The van der Waals surface area contributed by atoms with Crippen molar-refractivity contribution < 1.29 is 14.3 Å². The SMILES string of the molecule is CCN1C(=O)Nc2c(F)c(CO)cc3c2c1nn3C. The highest BCUT2D eigenvalue weighted by atomic mass is 19.1. The summed E-state index contributed by atoms with van der Waals surface area (Å²) < 4.78 is 15.8. The molecule has 7 heteroatoms. The van der Waals surface area contributed by atoms with Crippen LogP contribution in [0.5, 0.6) is 0 Å². The van der Waals surface area contributed by atoms with Gasteiger partial charge in [-0.15, -0.1) is 0 Å². The Balaban J connectivity index is 2.42. The van der Waals surface area contributed by atoms with E-state index in [1.165, 1.54) is 4.90 Å². The highest BCUT2D eigenvalue weighted by molar-refractivity contribution is 6.17. The van der Waals surface area contributed by atoms with Gasteiger partial charge in [-0.1, -0.05) is 0 Å². The first-order valence-corrected chi connectivity index (χ1v) is 5.96. The minimum Gasteiger partial charge on any atom is -0.392 e. The largest absolute Gasteiger partial charge is 0.392 e. The molecule has 2 amide bonds. The molecule has 0 aliphatic carbocycles. The van der Waals surface area contributed by atoms with Crippen LogP contribution < -0.4 is 10.2 Å². The number of aliphatic hydroxyl groups is 1. The molecule has 2 aromatic rings. The summed E-state index contributed by atoms with van der Waals surface area (Å²) in [6.07, 6.45) is 0. The summed E-state index contributed by atoms with van der Waals surface area (Å²) in [4.78, 5) is 13.4. The number of benzene rings is 1. The number of nitrogens with one attached hydrogen (secondary N) is 1. The number of hydrogen-bond acceptors (Lipinski definition) is 3. The van der Waals surface area contributed by atoms with Crippen LogP contribution in [0, 0.1) is 5.82 Å². The standard InChI is InChI=1S/C12H13FN4O2/c1-3-17-11-8-7(16(2)15-11)4-6(5-18)9(13)10(8)14-12(17)19/h4,18H,3,5H2,1-2H3,(H,14,19). The van der Waals surface area contributed by atoms with Crippen LogP contribution in [0.3, 0.4) is 0 Å². The Kier molecular flexibility index (Phi) is 2.46. The van der Waals surface area contributed by atoms with Gasteiger partial charge in [0.25, 0.3) is 0 Å². The van der Waals surface area contributed by atoms with Crippen molar-refractivity contribution in [3.63, 3.8) is 0 Å². The van der Waals surface area contributed by atoms with Crippen LogP contribution in [-0.4, -0.2) is 27.5 Å². The Labute approximate surface area is 108 Å². The number of carbonyl (C=O) groups excluding carboxylic acids is 1. The molecule has 19 heavy (non-hydrogen) atoms. The summed E-state index contributed by atoms with van der Waals surface area (Å²) in [5.74, 6) is -0.157. The fraction of sp³-hybridized carbons (Fsp3) is 0.333. The fourth-order valence-electron chi connectivity index (χ4n) is 2.41. The average molecular weight is 264 g/mol. The molecule has 0 saturated heterocycles. The summed E-state index contributed by atoms with van der Waals surface area (Å²) in [6.45, 7) is 1.84. The number of anilines is 2. The zero-order chi connectivity index (χ0) is 13.7. The molecule has 0 atom stereocenters. The van der Waals surface area contributed by atoms with Crippen LogP contribution in [0.25, 0.3) is 10.9 Å². The van der Waals surface area contributed by atoms with Gasteiger partial charge in [0.2, 0.25) is 0 Å². The molecule has 1 aromatic heterocycles. The molecular weight excluding hydrogens is 251 g/mol. The predicted molar refractivity (Wildman–Crippen MR) is 68.6 cm³/mol. The molecule has 0 saturated carbocycles. The first kappa shape index (κ1) is 11.9. The molecule has 6 nitrogen and oxygen atoms in total. The summed E-state index contributed by atoms with van der Waals surface area (Å²) >= 11 is 0. The van der Waals surface area contributed by atoms with E-state index in [1.54, 1.807) is 17.8 Å². The molecule has 2 heterocycles. The maximum atomic E-state index is 14.2. The Hall–Kier alpha value is -2.15. The van der Waals surface area contributed by atoms with Crippen molar-refractivity contribution in [2.24, 2.45) is 7.05 Å². The highest BCUT2D eigenvalue weighted by Crippen LogP contribution is 2.39. The third kappa shape index (κ3) is 1.45. The summed E-state index contributed by atoms with van der Waals surface area (Å²) in [7, 11) is 1.72. The second-order valence-corrected chi connectivity index (χ2v) is 4.40. The van der Waals surface area contributed by atoms with Gasteiger partial charge in [-0.3, -0.25) is 9.58 Å². The first-order valence-electron chi connectivity index (χ1n) is 5.96. The Morgan fingerprint density at radius 1 is 1.53 bits per heavy atom. The number of urea groups is 1. The second-order valence-electron chi connectivity index (χ2n) is 4.40. The monoisotopic (exact) mass is 264 g/mol. The number of aliphatic hydroxyl groups excluding tert-OH is 1. The van der Waals surface area contributed by atoms with E-state index in [0.29, 0.717) is 23.3 Å². The van der Waals surface area contributed by atoms with Crippen molar-refractivity contribution in [2.75, 3.05) is 16.8 Å². The lowest BCUT2D eigenvalue weighted by Gasteiger charge is -2.25. The van der Waals surface area contributed by atoms with E-state index in [9.17, 15) is 14.3 Å². The molecular formula is C12H13FN4O2. The predicted octanol–water partition coefficient (Wildman–Crippen LogP) is 1.58. The number of hydrogen-bond donors (Lipinski definition) is 2. The van der Waals surface area contributed by atoms with Gasteiger partial charge in [-0.2, -0.15) is 5.10 Å². The lowest BCUT2D eigenvalue weighted by atomic mass is 10.1. The highest BCUT2D eigenvalue weighted by Gasteiger charge is 2.31. The molecule has 1 aliphatic rings. The fourth-order valence-corrected chi connectivity index (χ4v) is 2.41. The van der Waals surface area contributed by atoms with Gasteiger partial charge in [-0.05, 0) is 13.0 Å². The molecule has 100 valence electrons. The topological polar surface area (TPSA) is 70.4 Å². The third-order valence-corrected chi connectivity index (χ3v) is 3.35. The first-order chi connectivity index (χ1) is 9.08. The molecule has 0 unspecified atom stereocenters. The van der Waals surface area contributed by atoms with Crippen molar-refractivity contribution in [2.45, 2.75) is 13.5 Å². The number of nitrogens with zero attached hydrogens (tertiary/aromatic N) is 3. The van der Waals surface area contributed by atoms with E-state index in [-0.39, 0.29) is 11.3 Å². The Morgan fingerprint density at radius 3 is 2.89 bits per heavy atom. The summed E-state index contributed by atoms with van der Waals surface area (Å²) in [5.41, 5.74) is 0.913. The van der Waals surface area contributed by atoms with Gasteiger partial charge in [-0.25, -0.2) is 9.18 Å². The summed E-state index contributed by atoms with van der Waals surface area (Å²) in [6, 6.07) is 1.14. The lowest BCUT2D eigenvalue weighted by molar-refractivity contribution is 0.256. The second kappa shape index (κ2) is 3.92. The minimum absolute atomic E-state index is 0.0966. The van der Waals surface area contributed by atoms with Crippen LogP contribution in [-0.2, 0) is 13.7 Å². The minimum atomic E-state index is -0.603. The maximum absolute atomic E-state index is 14.2. The smallest absolute Gasteiger partial charge is 0.327 e. The van der Waals surface area contributed by atoms with Crippen LogP contribution >= 0.6 is 0 Å². The molecule has 1 aromatic carbocycles. The van der Waals surface area contributed by atoms with Crippen molar-refractivity contribution in [3.8, 4) is 0 Å². The van der Waals surface area contributed by atoms with Crippen LogP contribution in [0.4, 0.5) is 20.7 Å². The van der Waals surface area contributed by atoms with Crippen molar-refractivity contribution in [1.82, 2.24) is 9.78 Å². The van der Waals surface area contributed by atoms with E-state index in [4.69, 9.17) is 0 Å². The van der Waals surface area contributed by atoms with Gasteiger partial charge in [0, 0.05) is 19.2 Å². The number of amides is 2. The maximum Gasteiger partial charge on any atom is 0.327 e. The van der Waals surface area contributed by atoms with Gasteiger partial charge in [0.15, 0.2) is 11.6 Å². The molecule has 0 fully saturated rings. The molecule has 0 spiro atoms. The Morgan fingerprint density at radius 2 is 2.26 bits per heavy atom. The van der Waals surface area contributed by atoms with Crippen LogP contribution in [0.1, 0.15) is 12.5 Å². The Bertz CT molecular complexity index is 695. The van der Waals surface area contributed by atoms with Gasteiger partial charge in [0.05, 0.1) is 23.2 Å². The number of carbonyl (C=O) groups is 1. The van der Waals surface area contributed by atoms with E-state index in [0.717, 1.165) is 0 Å². The number of halogens is 1. The normalized spacial score (nSPS) is 14.1. The van der Waals surface area contributed by atoms with Gasteiger partial charge in [0.1, 0.15) is 0 Å².